The Morgan fingerprint density at radius 2 is 1.77 bits per heavy atom. The number of rotatable bonds is 8. The number of benzene rings is 2. The Hall–Kier alpha value is -2.13. The largest absolute Gasteiger partial charge is 0.493 e. The van der Waals surface area contributed by atoms with Crippen molar-refractivity contribution in [3.8, 4) is 16.3 Å². The number of ether oxygens (including phenoxy) is 1. The summed E-state index contributed by atoms with van der Waals surface area (Å²) in [6, 6.07) is 16.9. The number of aryl methyl sites for hydroxylation is 3. The number of thiazole rings is 1. The molecular weight excluding hydrogens is 338 g/mol. The van der Waals surface area contributed by atoms with Crippen molar-refractivity contribution in [1.82, 2.24) is 4.98 Å². The lowest BCUT2D eigenvalue weighted by Crippen LogP contribution is -2.03. The van der Waals surface area contributed by atoms with Crippen molar-refractivity contribution in [2.45, 2.75) is 46.5 Å². The van der Waals surface area contributed by atoms with E-state index < -0.39 is 0 Å². The molecule has 0 atom stereocenters. The summed E-state index contributed by atoms with van der Waals surface area (Å²) >= 11 is 1.76. The minimum atomic E-state index is 0.662. The molecule has 0 N–H and O–H groups in total. The van der Waals surface area contributed by atoms with Gasteiger partial charge in [0.25, 0.3) is 0 Å². The van der Waals surface area contributed by atoms with Crippen LogP contribution in [0.5, 0.6) is 5.75 Å². The third-order valence-corrected chi connectivity index (χ3v) is 5.66. The highest BCUT2D eigenvalue weighted by atomic mass is 32.1. The van der Waals surface area contributed by atoms with E-state index in [0.717, 1.165) is 35.7 Å². The van der Waals surface area contributed by atoms with Gasteiger partial charge in [-0.2, -0.15) is 0 Å². The molecule has 2 nitrogen and oxygen atoms in total. The quantitative estimate of drug-likeness (QED) is 0.470. The van der Waals surface area contributed by atoms with Gasteiger partial charge >= 0.3 is 0 Å². The molecule has 3 rings (SSSR count). The Kier molecular flexibility index (Phi) is 6.45. The van der Waals surface area contributed by atoms with E-state index in [4.69, 9.17) is 9.72 Å². The van der Waals surface area contributed by atoms with E-state index in [9.17, 15) is 0 Å². The normalized spacial score (nSPS) is 10.9. The first kappa shape index (κ1) is 18.7. The molecule has 136 valence electrons. The summed E-state index contributed by atoms with van der Waals surface area (Å²) in [5.41, 5.74) is 5.18. The van der Waals surface area contributed by atoms with Gasteiger partial charge in [-0.05, 0) is 43.0 Å². The van der Waals surface area contributed by atoms with Gasteiger partial charge in [0.2, 0.25) is 0 Å². The third-order valence-electron chi connectivity index (χ3n) is 4.60. The Morgan fingerprint density at radius 1 is 0.962 bits per heavy atom. The van der Waals surface area contributed by atoms with E-state index in [1.807, 2.05) is 6.07 Å². The first-order valence-electron chi connectivity index (χ1n) is 9.47. The molecule has 0 bridgehead atoms. The van der Waals surface area contributed by atoms with Crippen LogP contribution in [0.3, 0.4) is 0 Å². The number of aromatic nitrogens is 1. The minimum absolute atomic E-state index is 0.662. The van der Waals surface area contributed by atoms with Gasteiger partial charge in [0.05, 0.1) is 12.3 Å². The maximum atomic E-state index is 6.02. The molecule has 1 aromatic heterocycles. The zero-order chi connectivity index (χ0) is 18.4. The Bertz CT molecular complexity index is 839. The van der Waals surface area contributed by atoms with Gasteiger partial charge < -0.3 is 4.74 Å². The lowest BCUT2D eigenvalue weighted by molar-refractivity contribution is 0.320. The van der Waals surface area contributed by atoms with Crippen molar-refractivity contribution in [2.24, 2.45) is 0 Å². The summed E-state index contributed by atoms with van der Waals surface area (Å²) in [6.45, 7) is 7.25. The van der Waals surface area contributed by atoms with E-state index in [1.165, 1.54) is 28.0 Å². The molecule has 3 heteroatoms. The molecule has 3 aromatic rings. The third kappa shape index (κ3) is 4.53. The van der Waals surface area contributed by atoms with E-state index in [-0.39, 0.29) is 0 Å². The molecule has 0 unspecified atom stereocenters. The lowest BCUT2D eigenvalue weighted by atomic mass is 10.0. The first-order valence-corrected chi connectivity index (χ1v) is 10.3. The summed E-state index contributed by atoms with van der Waals surface area (Å²) in [7, 11) is 0. The fourth-order valence-electron chi connectivity index (χ4n) is 3.16. The number of hydrogen-bond donors (Lipinski definition) is 0. The summed E-state index contributed by atoms with van der Waals surface area (Å²) in [5.74, 6) is 0.970. The van der Waals surface area contributed by atoms with Crippen LogP contribution in [0.1, 0.15) is 42.0 Å². The van der Waals surface area contributed by atoms with Crippen LogP contribution in [-0.4, -0.2) is 11.6 Å². The second-order valence-corrected chi connectivity index (χ2v) is 7.72. The highest BCUT2D eigenvalue weighted by Gasteiger charge is 2.10. The van der Waals surface area contributed by atoms with Crippen LogP contribution in [0.2, 0.25) is 0 Å². The van der Waals surface area contributed by atoms with Crippen molar-refractivity contribution >= 4 is 11.3 Å². The van der Waals surface area contributed by atoms with Crippen molar-refractivity contribution in [3.05, 3.63) is 70.2 Å². The molecule has 2 aromatic carbocycles. The minimum Gasteiger partial charge on any atom is -0.493 e. The summed E-state index contributed by atoms with van der Waals surface area (Å²) in [5, 5.41) is 1.09. The molecule has 26 heavy (non-hydrogen) atoms. The highest BCUT2D eigenvalue weighted by molar-refractivity contribution is 7.15. The molecule has 0 radical (unpaired) electrons. The van der Waals surface area contributed by atoms with Crippen molar-refractivity contribution in [1.29, 1.82) is 0 Å². The molecule has 0 amide bonds. The number of hydrogen-bond acceptors (Lipinski definition) is 3. The van der Waals surface area contributed by atoms with Crippen molar-refractivity contribution < 1.29 is 4.74 Å². The average molecular weight is 366 g/mol. The zero-order valence-electron chi connectivity index (χ0n) is 15.9. The summed E-state index contributed by atoms with van der Waals surface area (Å²) in [4.78, 5) is 6.10. The SMILES string of the molecule is CCCc1ccc(OCCc2nc(-c3ccccc3)sc2C)cc1CC. The maximum absolute atomic E-state index is 6.02. The van der Waals surface area contributed by atoms with Crippen molar-refractivity contribution in [2.75, 3.05) is 6.61 Å². The molecule has 0 aliphatic rings. The maximum Gasteiger partial charge on any atom is 0.123 e. The van der Waals surface area contributed by atoms with Crippen LogP contribution < -0.4 is 4.74 Å². The number of nitrogens with zero attached hydrogens (tertiary/aromatic N) is 1. The zero-order valence-corrected chi connectivity index (χ0v) is 16.7. The molecule has 0 aliphatic heterocycles. The Balaban J connectivity index is 1.62. The second-order valence-electron chi connectivity index (χ2n) is 6.52. The fourth-order valence-corrected chi connectivity index (χ4v) is 4.13. The monoisotopic (exact) mass is 365 g/mol. The van der Waals surface area contributed by atoms with Gasteiger partial charge in [-0.3, -0.25) is 0 Å². The molecule has 1 heterocycles. The molecule has 0 spiro atoms. The summed E-state index contributed by atoms with van der Waals surface area (Å²) < 4.78 is 6.02. The molecule has 0 saturated heterocycles. The van der Waals surface area contributed by atoms with Crippen molar-refractivity contribution in [3.63, 3.8) is 0 Å². The van der Waals surface area contributed by atoms with Gasteiger partial charge in [-0.25, -0.2) is 4.98 Å². The predicted octanol–water partition coefficient (Wildman–Crippen LogP) is 6.25. The predicted molar refractivity (Wildman–Crippen MR) is 111 cm³/mol. The fraction of sp³-hybridized carbons (Fsp3) is 0.348. The Morgan fingerprint density at radius 3 is 2.50 bits per heavy atom. The van der Waals surface area contributed by atoms with Gasteiger partial charge in [-0.15, -0.1) is 11.3 Å². The smallest absolute Gasteiger partial charge is 0.123 e. The highest BCUT2D eigenvalue weighted by Crippen LogP contribution is 2.28. The van der Waals surface area contributed by atoms with E-state index >= 15 is 0 Å². The molecule has 0 aliphatic carbocycles. The van der Waals surface area contributed by atoms with Crippen LogP contribution in [0.4, 0.5) is 0 Å². The van der Waals surface area contributed by atoms with Gasteiger partial charge in [0.15, 0.2) is 0 Å². The van der Waals surface area contributed by atoms with Crippen LogP contribution in [0.15, 0.2) is 48.5 Å². The Labute approximate surface area is 160 Å². The molecule has 0 saturated carbocycles. The van der Waals surface area contributed by atoms with Gasteiger partial charge in [0, 0.05) is 16.9 Å². The van der Waals surface area contributed by atoms with E-state index in [0.29, 0.717) is 6.61 Å². The first-order chi connectivity index (χ1) is 12.7. The van der Waals surface area contributed by atoms with Gasteiger partial charge in [-0.1, -0.05) is 56.7 Å². The van der Waals surface area contributed by atoms with Crippen LogP contribution >= 0.6 is 11.3 Å². The molecule has 0 fully saturated rings. The van der Waals surface area contributed by atoms with E-state index in [1.54, 1.807) is 11.3 Å². The van der Waals surface area contributed by atoms with E-state index in [2.05, 4.69) is 63.2 Å². The average Bonchev–Trinajstić information content (AvgIpc) is 3.04. The topological polar surface area (TPSA) is 22.1 Å². The van der Waals surface area contributed by atoms with Crippen LogP contribution in [-0.2, 0) is 19.3 Å². The lowest BCUT2D eigenvalue weighted by Gasteiger charge is -2.11. The van der Waals surface area contributed by atoms with Gasteiger partial charge in [0.1, 0.15) is 10.8 Å². The van der Waals surface area contributed by atoms with Crippen LogP contribution in [0.25, 0.3) is 10.6 Å². The second kappa shape index (κ2) is 9.00. The standard InChI is InChI=1S/C23H27NOS/c1-4-9-19-12-13-21(16-18(19)5-2)25-15-14-22-17(3)26-23(24-22)20-10-7-6-8-11-20/h6-8,10-13,16H,4-5,9,14-15H2,1-3H3. The van der Waals surface area contributed by atoms with Crippen LogP contribution in [0, 0.1) is 6.92 Å². The molecular formula is C23H27NOS. The summed E-state index contributed by atoms with van der Waals surface area (Å²) in [6.07, 6.45) is 4.22.